The first-order chi connectivity index (χ1) is 8.83. The van der Waals surface area contributed by atoms with Crippen LogP contribution in [0.4, 0.5) is 24.0 Å². The molecule has 102 valence electrons. The second-order valence-electron chi connectivity index (χ2n) is 3.23. The van der Waals surface area contributed by atoms with Gasteiger partial charge in [0.25, 0.3) is 0 Å². The maximum atomic E-state index is 12.3. The van der Waals surface area contributed by atoms with E-state index < -0.39 is 6.36 Å². The number of hydrogen-bond donors (Lipinski definition) is 2. The molecule has 0 saturated carbocycles. The zero-order chi connectivity index (χ0) is 14.0. The summed E-state index contributed by atoms with van der Waals surface area (Å²) in [4.78, 5) is 0. The van der Waals surface area contributed by atoms with Gasteiger partial charge < -0.3 is 10.1 Å². The van der Waals surface area contributed by atoms with E-state index in [0.29, 0.717) is 13.6 Å². The molecule has 0 atom stereocenters. The molecule has 0 amide bonds. The number of halogens is 4. The highest BCUT2D eigenvalue weighted by atomic mass is 79.9. The molecule has 10 heteroatoms. The lowest BCUT2D eigenvalue weighted by Crippen LogP contribution is -2.17. The molecule has 0 spiro atoms. The summed E-state index contributed by atoms with van der Waals surface area (Å²) in [5.74, 6) is -0.358. The van der Waals surface area contributed by atoms with Crippen molar-refractivity contribution in [2.75, 3.05) is 5.32 Å². The van der Waals surface area contributed by atoms with Gasteiger partial charge in [-0.3, -0.25) is 5.10 Å². The molecule has 0 aliphatic heterocycles. The highest BCUT2D eigenvalue weighted by Gasteiger charge is 2.32. The van der Waals surface area contributed by atoms with Crippen LogP contribution >= 0.6 is 39.5 Å². The number of rotatable bonds is 3. The summed E-state index contributed by atoms with van der Waals surface area (Å²) in [5, 5.41) is 9.37. The Morgan fingerprint density at radius 3 is 2.74 bits per heavy atom. The average molecular weight is 372 g/mol. The van der Waals surface area contributed by atoms with Crippen molar-refractivity contribution in [1.29, 1.82) is 0 Å². The Balaban J connectivity index is 2.31. The van der Waals surface area contributed by atoms with Crippen LogP contribution in [0.5, 0.6) is 5.75 Å². The summed E-state index contributed by atoms with van der Waals surface area (Å²) in [6.07, 6.45) is -4.77. The minimum Gasteiger partial charge on any atom is -0.404 e. The fourth-order valence-corrected chi connectivity index (χ4v) is 2.35. The third kappa shape index (κ3) is 4.18. The Labute approximate surface area is 122 Å². The normalized spacial score (nSPS) is 11.4. The molecule has 19 heavy (non-hydrogen) atoms. The minimum absolute atomic E-state index is 0.137. The lowest BCUT2D eigenvalue weighted by Gasteiger charge is -2.13. The van der Waals surface area contributed by atoms with Gasteiger partial charge in [0.2, 0.25) is 5.13 Å². The number of nitrogens with one attached hydrogen (secondary N) is 2. The van der Waals surface area contributed by atoms with Crippen molar-refractivity contribution in [2.45, 2.75) is 6.36 Å². The van der Waals surface area contributed by atoms with E-state index in [0.717, 1.165) is 11.3 Å². The van der Waals surface area contributed by atoms with Crippen LogP contribution in [-0.4, -0.2) is 16.6 Å². The van der Waals surface area contributed by atoms with E-state index in [9.17, 15) is 13.2 Å². The standard InChI is InChI=1S/C9H5BrF3N3OS2/c10-4-1-2-5(6(3-4)17-9(11,12)13)14-7-15-16-8(18)19-7/h1-3H,(H,14,15)(H,16,18). The number of nitrogens with zero attached hydrogens (tertiary/aromatic N) is 1. The molecule has 1 aromatic carbocycles. The zero-order valence-corrected chi connectivity index (χ0v) is 12.1. The van der Waals surface area contributed by atoms with Gasteiger partial charge in [0, 0.05) is 4.47 Å². The fraction of sp³-hybridized carbons (Fsp3) is 0.111. The molecule has 0 radical (unpaired) electrons. The number of hydrogen-bond acceptors (Lipinski definition) is 5. The number of alkyl halides is 3. The molecule has 0 unspecified atom stereocenters. The van der Waals surface area contributed by atoms with E-state index in [1.54, 1.807) is 6.07 Å². The smallest absolute Gasteiger partial charge is 0.404 e. The fourth-order valence-electron chi connectivity index (χ4n) is 1.21. The monoisotopic (exact) mass is 371 g/mol. The van der Waals surface area contributed by atoms with Gasteiger partial charge in [-0.1, -0.05) is 27.3 Å². The molecule has 0 aliphatic rings. The predicted molar refractivity (Wildman–Crippen MR) is 71.4 cm³/mol. The molecule has 0 aliphatic carbocycles. The zero-order valence-electron chi connectivity index (χ0n) is 8.92. The maximum Gasteiger partial charge on any atom is 0.573 e. The molecule has 4 nitrogen and oxygen atoms in total. The highest BCUT2D eigenvalue weighted by Crippen LogP contribution is 2.34. The number of ether oxygens (including phenoxy) is 1. The van der Waals surface area contributed by atoms with Crippen LogP contribution in [0.25, 0.3) is 0 Å². The number of anilines is 2. The molecular weight excluding hydrogens is 367 g/mol. The van der Waals surface area contributed by atoms with Crippen LogP contribution < -0.4 is 10.1 Å². The number of H-pyrrole nitrogens is 1. The van der Waals surface area contributed by atoms with Crippen LogP contribution in [0.3, 0.4) is 0 Å². The first kappa shape index (κ1) is 14.3. The first-order valence-corrected chi connectivity index (χ1v) is 6.73. The summed E-state index contributed by atoms with van der Waals surface area (Å²) >= 11 is 9.02. The molecular formula is C9H5BrF3N3OS2. The topological polar surface area (TPSA) is 49.9 Å². The molecule has 0 bridgehead atoms. The first-order valence-electron chi connectivity index (χ1n) is 4.71. The van der Waals surface area contributed by atoms with Gasteiger partial charge in [-0.05, 0) is 30.4 Å². The van der Waals surface area contributed by atoms with Crippen molar-refractivity contribution < 1.29 is 17.9 Å². The van der Waals surface area contributed by atoms with Crippen molar-refractivity contribution in [1.82, 2.24) is 10.2 Å². The van der Waals surface area contributed by atoms with Gasteiger partial charge in [0.15, 0.2) is 9.70 Å². The second-order valence-corrected chi connectivity index (χ2v) is 5.81. The van der Waals surface area contributed by atoms with Crippen molar-refractivity contribution >= 4 is 50.3 Å². The van der Waals surface area contributed by atoms with Gasteiger partial charge >= 0.3 is 6.36 Å². The average Bonchev–Trinajstić information content (AvgIpc) is 2.66. The van der Waals surface area contributed by atoms with Gasteiger partial charge in [0.05, 0.1) is 5.69 Å². The van der Waals surface area contributed by atoms with Gasteiger partial charge in [-0.15, -0.1) is 18.3 Å². The van der Waals surface area contributed by atoms with Crippen LogP contribution in [-0.2, 0) is 0 Å². The summed E-state index contributed by atoms with van der Waals surface area (Å²) in [6, 6.07) is 4.23. The Morgan fingerprint density at radius 2 is 2.16 bits per heavy atom. The van der Waals surface area contributed by atoms with Crippen LogP contribution in [0.2, 0.25) is 0 Å². The van der Waals surface area contributed by atoms with Gasteiger partial charge in [-0.25, -0.2) is 0 Å². The van der Waals surface area contributed by atoms with E-state index in [2.05, 4.69) is 36.2 Å². The minimum atomic E-state index is -4.77. The lowest BCUT2D eigenvalue weighted by atomic mass is 10.3. The number of aromatic nitrogens is 2. The van der Waals surface area contributed by atoms with E-state index in [-0.39, 0.29) is 11.4 Å². The lowest BCUT2D eigenvalue weighted by molar-refractivity contribution is -0.274. The van der Waals surface area contributed by atoms with Crippen LogP contribution in [0.15, 0.2) is 22.7 Å². The molecule has 0 fully saturated rings. The molecule has 1 aromatic heterocycles. The molecule has 2 N–H and O–H groups in total. The second kappa shape index (κ2) is 5.47. The van der Waals surface area contributed by atoms with E-state index in [1.165, 1.54) is 12.1 Å². The van der Waals surface area contributed by atoms with Gasteiger partial charge in [0.1, 0.15) is 0 Å². The number of aromatic amines is 1. The maximum absolute atomic E-state index is 12.3. The van der Waals surface area contributed by atoms with Gasteiger partial charge in [-0.2, -0.15) is 0 Å². The van der Waals surface area contributed by atoms with Crippen LogP contribution in [0, 0.1) is 3.95 Å². The van der Waals surface area contributed by atoms with Crippen LogP contribution in [0.1, 0.15) is 0 Å². The van der Waals surface area contributed by atoms with E-state index in [4.69, 9.17) is 12.2 Å². The third-order valence-electron chi connectivity index (χ3n) is 1.85. The van der Waals surface area contributed by atoms with Crippen molar-refractivity contribution in [3.63, 3.8) is 0 Å². The van der Waals surface area contributed by atoms with E-state index >= 15 is 0 Å². The van der Waals surface area contributed by atoms with Crippen molar-refractivity contribution in [2.24, 2.45) is 0 Å². The molecule has 2 rings (SSSR count). The Kier molecular flexibility index (Phi) is 4.11. The largest absolute Gasteiger partial charge is 0.573 e. The Morgan fingerprint density at radius 1 is 1.42 bits per heavy atom. The highest BCUT2D eigenvalue weighted by molar-refractivity contribution is 9.10. The Bertz CT molecular complexity index is 640. The van der Waals surface area contributed by atoms with Crippen molar-refractivity contribution in [3.05, 3.63) is 26.6 Å². The predicted octanol–water partition coefficient (Wildman–Crippen LogP) is 4.61. The molecule has 0 saturated heterocycles. The number of benzene rings is 1. The van der Waals surface area contributed by atoms with E-state index in [1.807, 2.05) is 0 Å². The summed E-state index contributed by atoms with van der Waals surface area (Å²) in [6.45, 7) is 0. The summed E-state index contributed by atoms with van der Waals surface area (Å²) < 4.78 is 41.7. The quantitative estimate of drug-likeness (QED) is 0.773. The molecule has 2 aromatic rings. The third-order valence-corrected chi connectivity index (χ3v) is 3.35. The summed E-state index contributed by atoms with van der Waals surface area (Å²) in [5.41, 5.74) is 0.137. The van der Waals surface area contributed by atoms with Crippen molar-refractivity contribution in [3.8, 4) is 5.75 Å². The molecule has 1 heterocycles. The SMILES string of the molecule is FC(F)(F)Oc1cc(Br)ccc1Nc1n[nH]c(=S)s1. The Hall–Kier alpha value is -1.13. The summed E-state index contributed by atoms with van der Waals surface area (Å²) in [7, 11) is 0.